The lowest BCUT2D eigenvalue weighted by molar-refractivity contribution is -0.125. The Balaban J connectivity index is 1.18. The highest BCUT2D eigenvalue weighted by Crippen LogP contribution is 2.50. The summed E-state index contributed by atoms with van der Waals surface area (Å²) in [5.74, 6) is -0.566. The Morgan fingerprint density at radius 3 is 2.09 bits per heavy atom. The van der Waals surface area contributed by atoms with Crippen molar-refractivity contribution in [3.63, 3.8) is 0 Å². The Morgan fingerprint density at radius 2 is 1.48 bits per heavy atom. The van der Waals surface area contributed by atoms with Crippen molar-refractivity contribution in [3.05, 3.63) is 58.1 Å². The molecule has 33 heavy (non-hydrogen) atoms. The molecule has 1 amide bonds. The standard InChI is InChI=1S/C24H26Cl2F2N2O3/c25-18-4-2-16(12-20(18)27)32-11-1-10-29-23-6-8-24(15-23,9-7-23)30-22(31)14-33-17-3-5-19(26)21(28)13-17/h2-5,12-13,29H,1,6-11,14-15H2,(H,30,31). The van der Waals surface area contributed by atoms with Gasteiger partial charge in [0, 0.05) is 23.2 Å². The molecular weight excluding hydrogens is 473 g/mol. The van der Waals surface area contributed by atoms with Crippen LogP contribution < -0.4 is 20.1 Å². The van der Waals surface area contributed by atoms with E-state index in [0.29, 0.717) is 12.4 Å². The summed E-state index contributed by atoms with van der Waals surface area (Å²) in [6.07, 6.45) is 5.42. The minimum Gasteiger partial charge on any atom is -0.493 e. The zero-order valence-electron chi connectivity index (χ0n) is 18.1. The van der Waals surface area contributed by atoms with E-state index in [2.05, 4.69) is 10.6 Å². The molecule has 2 fully saturated rings. The third-order valence-corrected chi connectivity index (χ3v) is 7.10. The van der Waals surface area contributed by atoms with E-state index in [1.807, 2.05) is 0 Å². The predicted octanol–water partition coefficient (Wildman–Crippen LogP) is 5.28. The molecular formula is C24H26Cl2F2N2O3. The first kappa shape index (κ1) is 24.0. The summed E-state index contributed by atoms with van der Waals surface area (Å²) >= 11 is 11.3. The molecule has 0 heterocycles. The molecule has 0 aliphatic heterocycles. The van der Waals surface area contributed by atoms with Gasteiger partial charge in [-0.25, -0.2) is 8.78 Å². The van der Waals surface area contributed by atoms with E-state index < -0.39 is 11.6 Å². The lowest BCUT2D eigenvalue weighted by Crippen LogP contribution is -2.47. The molecule has 0 spiro atoms. The lowest BCUT2D eigenvalue weighted by atomic mass is 9.91. The molecule has 0 saturated heterocycles. The number of carbonyl (C=O) groups excluding carboxylic acids is 1. The molecule has 9 heteroatoms. The first-order valence-corrected chi connectivity index (χ1v) is 11.8. The zero-order chi connectivity index (χ0) is 23.5. The largest absolute Gasteiger partial charge is 0.493 e. The fourth-order valence-corrected chi connectivity index (χ4v) is 5.08. The van der Waals surface area contributed by atoms with Crippen LogP contribution in [0.15, 0.2) is 36.4 Å². The molecule has 2 aliphatic carbocycles. The van der Waals surface area contributed by atoms with Crippen LogP contribution >= 0.6 is 23.2 Å². The van der Waals surface area contributed by atoms with Gasteiger partial charge in [-0.3, -0.25) is 4.79 Å². The second-order valence-electron chi connectivity index (χ2n) is 8.85. The minimum absolute atomic E-state index is 0.0110. The van der Waals surface area contributed by atoms with Crippen LogP contribution in [0.1, 0.15) is 38.5 Å². The number of benzene rings is 2. The predicted molar refractivity (Wildman–Crippen MR) is 123 cm³/mol. The van der Waals surface area contributed by atoms with Gasteiger partial charge in [-0.05, 0) is 69.3 Å². The summed E-state index contributed by atoms with van der Waals surface area (Å²) in [4.78, 5) is 12.5. The number of hydrogen-bond donors (Lipinski definition) is 2. The SMILES string of the molecule is O=C(COc1ccc(Cl)c(F)c1)NC12CCC(NCCCOc3ccc(Cl)c(F)c3)(CC1)C2. The highest BCUT2D eigenvalue weighted by molar-refractivity contribution is 6.31. The van der Waals surface area contributed by atoms with Gasteiger partial charge in [0.2, 0.25) is 0 Å². The van der Waals surface area contributed by atoms with Gasteiger partial charge >= 0.3 is 0 Å². The maximum absolute atomic E-state index is 13.5. The Hall–Kier alpha value is -2.09. The van der Waals surface area contributed by atoms with Gasteiger partial charge in [0.1, 0.15) is 23.1 Å². The zero-order valence-corrected chi connectivity index (χ0v) is 19.6. The van der Waals surface area contributed by atoms with E-state index in [9.17, 15) is 13.6 Å². The number of nitrogens with one attached hydrogen (secondary N) is 2. The third kappa shape index (κ3) is 5.89. The van der Waals surface area contributed by atoms with Crippen LogP contribution in [-0.2, 0) is 4.79 Å². The number of amides is 1. The van der Waals surface area contributed by atoms with E-state index in [0.717, 1.165) is 45.1 Å². The number of rotatable bonds is 10. The first-order valence-electron chi connectivity index (χ1n) is 11.0. The van der Waals surface area contributed by atoms with Crippen LogP contribution in [0.3, 0.4) is 0 Å². The molecule has 0 radical (unpaired) electrons. The van der Waals surface area contributed by atoms with E-state index in [4.69, 9.17) is 32.7 Å². The van der Waals surface area contributed by atoms with E-state index in [1.165, 1.54) is 30.3 Å². The summed E-state index contributed by atoms with van der Waals surface area (Å²) in [5.41, 5.74) is -0.212. The Morgan fingerprint density at radius 1 is 0.909 bits per heavy atom. The van der Waals surface area contributed by atoms with Gasteiger partial charge in [0.15, 0.2) is 6.61 Å². The summed E-state index contributed by atoms with van der Waals surface area (Å²) in [6.45, 7) is 1.06. The van der Waals surface area contributed by atoms with Gasteiger partial charge < -0.3 is 20.1 Å². The van der Waals surface area contributed by atoms with Gasteiger partial charge in [0.05, 0.1) is 16.7 Å². The van der Waals surface area contributed by atoms with Gasteiger partial charge in [0.25, 0.3) is 5.91 Å². The third-order valence-electron chi connectivity index (χ3n) is 6.49. The first-order chi connectivity index (χ1) is 15.8. The molecule has 2 N–H and O–H groups in total. The molecule has 5 nitrogen and oxygen atoms in total. The normalized spacial score (nSPS) is 23.5. The number of halogens is 4. The second-order valence-corrected chi connectivity index (χ2v) is 9.67. The van der Waals surface area contributed by atoms with Crippen molar-refractivity contribution in [2.24, 2.45) is 0 Å². The van der Waals surface area contributed by atoms with Crippen molar-refractivity contribution in [1.29, 1.82) is 0 Å². The topological polar surface area (TPSA) is 59.6 Å². The summed E-state index contributed by atoms with van der Waals surface area (Å²) in [6, 6.07) is 8.51. The quantitative estimate of drug-likeness (QED) is 0.437. The van der Waals surface area contributed by atoms with Crippen LogP contribution in [0.5, 0.6) is 11.5 Å². The molecule has 178 valence electrons. The maximum atomic E-state index is 13.5. The van der Waals surface area contributed by atoms with Crippen molar-refractivity contribution in [2.75, 3.05) is 19.8 Å². The van der Waals surface area contributed by atoms with Crippen LogP contribution in [0.25, 0.3) is 0 Å². The van der Waals surface area contributed by atoms with Crippen molar-refractivity contribution in [1.82, 2.24) is 10.6 Å². The van der Waals surface area contributed by atoms with Gasteiger partial charge in [-0.2, -0.15) is 0 Å². The maximum Gasteiger partial charge on any atom is 0.258 e. The van der Waals surface area contributed by atoms with Crippen LogP contribution in [-0.4, -0.2) is 36.7 Å². The van der Waals surface area contributed by atoms with Crippen molar-refractivity contribution < 1.29 is 23.0 Å². The molecule has 0 aromatic heterocycles. The molecule has 2 saturated carbocycles. The minimum atomic E-state index is -0.582. The van der Waals surface area contributed by atoms with Crippen molar-refractivity contribution in [3.8, 4) is 11.5 Å². The fraction of sp³-hybridized carbons (Fsp3) is 0.458. The molecule has 2 bridgehead atoms. The number of hydrogen-bond acceptors (Lipinski definition) is 4. The average Bonchev–Trinajstić information content (AvgIpc) is 3.32. The molecule has 2 aromatic rings. The van der Waals surface area contributed by atoms with Gasteiger partial charge in [-0.15, -0.1) is 0 Å². The highest BCUT2D eigenvalue weighted by Gasteiger charge is 2.54. The summed E-state index contributed by atoms with van der Waals surface area (Å²) in [7, 11) is 0. The Kier molecular flexibility index (Phi) is 7.31. The molecule has 0 atom stereocenters. The number of ether oxygens (including phenoxy) is 2. The van der Waals surface area contributed by atoms with E-state index >= 15 is 0 Å². The van der Waals surface area contributed by atoms with Crippen LogP contribution in [0.2, 0.25) is 10.0 Å². The molecule has 2 aromatic carbocycles. The fourth-order valence-electron chi connectivity index (χ4n) is 4.85. The number of carbonyl (C=O) groups is 1. The summed E-state index contributed by atoms with van der Waals surface area (Å²) in [5, 5.41) is 6.88. The summed E-state index contributed by atoms with van der Waals surface area (Å²) < 4.78 is 38.0. The smallest absolute Gasteiger partial charge is 0.258 e. The average molecular weight is 499 g/mol. The lowest BCUT2D eigenvalue weighted by Gasteiger charge is -2.29. The molecule has 4 rings (SSSR count). The molecule has 2 aliphatic rings. The second kappa shape index (κ2) is 10.0. The van der Waals surface area contributed by atoms with Crippen LogP contribution in [0, 0.1) is 11.6 Å². The van der Waals surface area contributed by atoms with Crippen molar-refractivity contribution in [2.45, 2.75) is 49.6 Å². The van der Waals surface area contributed by atoms with Crippen LogP contribution in [0.4, 0.5) is 8.78 Å². The number of fused-ring (bicyclic) bond motifs is 2. The van der Waals surface area contributed by atoms with E-state index in [1.54, 1.807) is 6.07 Å². The van der Waals surface area contributed by atoms with E-state index in [-0.39, 0.29) is 39.4 Å². The van der Waals surface area contributed by atoms with Crippen molar-refractivity contribution >= 4 is 29.1 Å². The Labute approximate surface area is 201 Å². The van der Waals surface area contributed by atoms with Gasteiger partial charge in [-0.1, -0.05) is 23.2 Å². The monoisotopic (exact) mass is 498 g/mol. The molecule has 0 unspecified atom stereocenters. The highest BCUT2D eigenvalue weighted by atomic mass is 35.5. The Bertz CT molecular complexity index is 1010.